The first kappa shape index (κ1) is 18.6. The predicted octanol–water partition coefficient (Wildman–Crippen LogP) is 2.73. The van der Waals surface area contributed by atoms with E-state index in [1.165, 1.54) is 24.3 Å². The number of benzene rings is 1. The fraction of sp³-hybridized carbons (Fsp3) is 0.381. The van der Waals surface area contributed by atoms with Crippen molar-refractivity contribution in [1.29, 1.82) is 0 Å². The van der Waals surface area contributed by atoms with Crippen molar-refractivity contribution < 1.29 is 18.7 Å². The molecule has 1 spiro atoms. The number of hydrogen-bond acceptors (Lipinski definition) is 4. The Hall–Kier alpha value is -2.80. The van der Waals surface area contributed by atoms with Crippen LogP contribution in [-0.4, -0.2) is 48.0 Å². The Morgan fingerprint density at radius 3 is 2.61 bits per heavy atom. The maximum Gasteiger partial charge on any atom is 0.255 e. The van der Waals surface area contributed by atoms with Gasteiger partial charge < -0.3 is 15.0 Å². The first-order valence-electron chi connectivity index (χ1n) is 9.41. The van der Waals surface area contributed by atoms with Crippen LogP contribution in [0, 0.1) is 17.2 Å². The normalized spacial score (nSPS) is 20.9. The van der Waals surface area contributed by atoms with Crippen LogP contribution in [0.1, 0.15) is 23.2 Å². The van der Waals surface area contributed by atoms with Gasteiger partial charge in [-0.3, -0.25) is 14.6 Å². The highest BCUT2D eigenvalue weighted by Gasteiger charge is 2.51. The number of ether oxygens (including phenoxy) is 1. The number of anilines is 1. The number of hydrogen-bond donors (Lipinski definition) is 1. The van der Waals surface area contributed by atoms with Crippen LogP contribution in [0.15, 0.2) is 48.8 Å². The molecule has 1 atom stereocenters. The van der Waals surface area contributed by atoms with Crippen LogP contribution < -0.4 is 5.32 Å². The second-order valence-electron chi connectivity index (χ2n) is 7.45. The number of halogens is 1. The Kier molecular flexibility index (Phi) is 5.09. The number of pyridine rings is 1. The number of nitrogens with zero attached hydrogens (tertiary/aromatic N) is 2. The highest BCUT2D eigenvalue weighted by molar-refractivity contribution is 5.97. The van der Waals surface area contributed by atoms with Crippen molar-refractivity contribution in [2.24, 2.45) is 11.3 Å². The summed E-state index contributed by atoms with van der Waals surface area (Å²) < 4.78 is 18.6. The van der Waals surface area contributed by atoms with Crippen molar-refractivity contribution in [2.75, 3.05) is 31.6 Å². The predicted molar refractivity (Wildman–Crippen MR) is 101 cm³/mol. The molecule has 2 aliphatic rings. The van der Waals surface area contributed by atoms with Crippen LogP contribution >= 0.6 is 0 Å². The minimum atomic E-state index is -0.354. The van der Waals surface area contributed by atoms with Crippen LogP contribution in [-0.2, 0) is 9.53 Å². The van der Waals surface area contributed by atoms with E-state index in [2.05, 4.69) is 10.3 Å². The highest BCUT2D eigenvalue weighted by Crippen LogP contribution is 2.45. The van der Waals surface area contributed by atoms with Crippen LogP contribution in [0.2, 0.25) is 0 Å². The zero-order chi connectivity index (χ0) is 19.6. The summed E-state index contributed by atoms with van der Waals surface area (Å²) in [5, 5.41) is 2.89. The number of amides is 2. The molecule has 0 radical (unpaired) electrons. The molecule has 146 valence electrons. The van der Waals surface area contributed by atoms with E-state index in [4.69, 9.17) is 4.74 Å². The number of nitrogens with one attached hydrogen (secondary N) is 1. The van der Waals surface area contributed by atoms with Crippen molar-refractivity contribution in [3.63, 3.8) is 0 Å². The lowest BCUT2D eigenvalue weighted by atomic mass is 9.71. The topological polar surface area (TPSA) is 71.5 Å². The second-order valence-corrected chi connectivity index (χ2v) is 7.45. The molecule has 1 aromatic carbocycles. The maximum atomic E-state index is 13.1. The lowest BCUT2D eigenvalue weighted by molar-refractivity contribution is -0.124. The zero-order valence-electron chi connectivity index (χ0n) is 15.4. The minimum Gasteiger partial charge on any atom is -0.381 e. The standard InChI is InChI=1S/C21H22FN3O3/c22-16-3-5-17(6-4-16)24-19(26)18-13-25(14-21(18)7-10-28-11-8-21)20(27)15-2-1-9-23-12-15/h1-6,9,12,18H,7-8,10-11,13-14H2,(H,24,26). The van der Waals surface area contributed by atoms with Gasteiger partial charge in [0.25, 0.3) is 5.91 Å². The SMILES string of the molecule is O=C(Nc1ccc(F)cc1)C1CN(C(=O)c2cccnc2)CC12CCOCC2. The van der Waals surface area contributed by atoms with E-state index >= 15 is 0 Å². The molecule has 1 aromatic heterocycles. The highest BCUT2D eigenvalue weighted by atomic mass is 19.1. The molecule has 0 saturated carbocycles. The molecular formula is C21H22FN3O3. The van der Waals surface area contributed by atoms with Gasteiger partial charge in [0.05, 0.1) is 11.5 Å². The summed E-state index contributed by atoms with van der Waals surface area (Å²) in [6, 6.07) is 9.17. The van der Waals surface area contributed by atoms with Gasteiger partial charge in [-0.15, -0.1) is 0 Å². The molecule has 4 rings (SSSR count). The third kappa shape index (κ3) is 3.62. The van der Waals surface area contributed by atoms with Gasteiger partial charge in [0.2, 0.25) is 5.91 Å². The third-order valence-corrected chi connectivity index (χ3v) is 5.76. The molecule has 0 aliphatic carbocycles. The fourth-order valence-electron chi connectivity index (χ4n) is 4.20. The molecule has 3 heterocycles. The average Bonchev–Trinajstić information content (AvgIpc) is 3.09. The Morgan fingerprint density at radius 1 is 1.18 bits per heavy atom. The summed E-state index contributed by atoms with van der Waals surface area (Å²) in [6.07, 6.45) is 4.63. The molecule has 0 bridgehead atoms. The van der Waals surface area contributed by atoms with Gasteiger partial charge in [-0.2, -0.15) is 0 Å². The molecular weight excluding hydrogens is 361 g/mol. The summed E-state index contributed by atoms with van der Waals surface area (Å²) in [7, 11) is 0. The van der Waals surface area contributed by atoms with Crippen LogP contribution in [0.5, 0.6) is 0 Å². The van der Waals surface area contributed by atoms with Gasteiger partial charge in [-0.1, -0.05) is 0 Å². The minimum absolute atomic E-state index is 0.115. The van der Waals surface area contributed by atoms with E-state index in [0.29, 0.717) is 37.6 Å². The molecule has 2 aromatic rings. The molecule has 28 heavy (non-hydrogen) atoms. The van der Waals surface area contributed by atoms with Crippen LogP contribution in [0.4, 0.5) is 10.1 Å². The summed E-state index contributed by atoms with van der Waals surface area (Å²) in [4.78, 5) is 31.8. The van der Waals surface area contributed by atoms with Gasteiger partial charge in [0.15, 0.2) is 0 Å². The first-order valence-corrected chi connectivity index (χ1v) is 9.41. The number of aromatic nitrogens is 1. The quantitative estimate of drug-likeness (QED) is 0.885. The van der Waals surface area contributed by atoms with Gasteiger partial charge in [-0.25, -0.2) is 4.39 Å². The van der Waals surface area contributed by atoms with E-state index < -0.39 is 0 Å². The van der Waals surface area contributed by atoms with Crippen LogP contribution in [0.3, 0.4) is 0 Å². The Bertz CT molecular complexity index is 851. The lowest BCUT2D eigenvalue weighted by Gasteiger charge is -2.37. The second kappa shape index (κ2) is 7.67. The Labute approximate surface area is 162 Å². The monoisotopic (exact) mass is 383 g/mol. The summed E-state index contributed by atoms with van der Waals surface area (Å²) in [6.45, 7) is 2.02. The van der Waals surface area contributed by atoms with E-state index in [1.54, 1.807) is 29.4 Å². The molecule has 6 nitrogen and oxygen atoms in total. The number of carbonyl (C=O) groups is 2. The average molecular weight is 383 g/mol. The van der Waals surface area contributed by atoms with E-state index in [9.17, 15) is 14.0 Å². The van der Waals surface area contributed by atoms with Gasteiger partial charge in [-0.05, 0) is 49.2 Å². The van der Waals surface area contributed by atoms with Gasteiger partial charge in [0, 0.05) is 49.8 Å². The summed E-state index contributed by atoms with van der Waals surface area (Å²) >= 11 is 0. The molecule has 2 saturated heterocycles. The van der Waals surface area contributed by atoms with E-state index in [1.807, 2.05) is 0 Å². The van der Waals surface area contributed by atoms with Crippen molar-refractivity contribution in [2.45, 2.75) is 12.8 Å². The number of carbonyl (C=O) groups excluding carboxylic acids is 2. The summed E-state index contributed by atoms with van der Waals surface area (Å²) in [5.41, 5.74) is 0.759. The van der Waals surface area contributed by atoms with Crippen LogP contribution in [0.25, 0.3) is 0 Å². The fourth-order valence-corrected chi connectivity index (χ4v) is 4.20. The first-order chi connectivity index (χ1) is 13.6. The largest absolute Gasteiger partial charge is 0.381 e. The molecule has 2 amide bonds. The zero-order valence-corrected chi connectivity index (χ0v) is 15.4. The van der Waals surface area contributed by atoms with Crippen molar-refractivity contribution in [3.8, 4) is 0 Å². The number of rotatable bonds is 3. The summed E-state index contributed by atoms with van der Waals surface area (Å²) in [5.74, 6) is -0.957. The van der Waals surface area contributed by atoms with Crippen molar-refractivity contribution >= 4 is 17.5 Å². The smallest absolute Gasteiger partial charge is 0.255 e. The molecule has 2 aliphatic heterocycles. The molecule has 2 fully saturated rings. The van der Waals surface area contributed by atoms with E-state index in [-0.39, 0.29) is 29.0 Å². The third-order valence-electron chi connectivity index (χ3n) is 5.76. The van der Waals surface area contributed by atoms with Crippen molar-refractivity contribution in [1.82, 2.24) is 9.88 Å². The van der Waals surface area contributed by atoms with E-state index in [0.717, 1.165) is 12.8 Å². The van der Waals surface area contributed by atoms with Gasteiger partial charge in [0.1, 0.15) is 5.82 Å². The number of likely N-dealkylation sites (tertiary alicyclic amines) is 1. The molecule has 1 unspecified atom stereocenters. The maximum absolute atomic E-state index is 13.1. The lowest BCUT2D eigenvalue weighted by Crippen LogP contribution is -2.42. The molecule has 7 heteroatoms. The molecule has 1 N–H and O–H groups in total. The van der Waals surface area contributed by atoms with Gasteiger partial charge >= 0.3 is 0 Å². The Balaban J connectivity index is 1.56. The Morgan fingerprint density at radius 2 is 1.93 bits per heavy atom. The van der Waals surface area contributed by atoms with Crippen molar-refractivity contribution in [3.05, 3.63) is 60.2 Å².